The Balaban J connectivity index is 1.38. The monoisotopic (exact) mass is 355 g/mol. The maximum atomic E-state index is 12.1. The van der Waals surface area contributed by atoms with E-state index < -0.39 is 0 Å². The Morgan fingerprint density at radius 2 is 1.67 bits per heavy atom. The van der Waals surface area contributed by atoms with Crippen LogP contribution in [-0.4, -0.2) is 11.0 Å². The number of nitrogens with one attached hydrogen (secondary N) is 3. The third-order valence-electron chi connectivity index (χ3n) is 4.56. The van der Waals surface area contributed by atoms with E-state index >= 15 is 0 Å². The number of amides is 2. The number of carbonyl (C=O) groups excluding carboxylic acids is 1. The van der Waals surface area contributed by atoms with Gasteiger partial charge in [0, 0.05) is 28.8 Å². The Kier molecular flexibility index (Phi) is 4.62. The summed E-state index contributed by atoms with van der Waals surface area (Å²) >= 11 is 0. The third kappa shape index (κ3) is 4.01. The highest BCUT2D eigenvalue weighted by Crippen LogP contribution is 2.25. The van der Waals surface area contributed by atoms with Crippen molar-refractivity contribution in [3.8, 4) is 11.3 Å². The van der Waals surface area contributed by atoms with Crippen LogP contribution in [0.4, 0.5) is 10.5 Å². The molecule has 0 atom stereocenters. The number of hydrogen-bond acceptors (Lipinski definition) is 1. The normalized spacial score (nSPS) is 10.7. The molecule has 0 unspecified atom stereocenters. The Labute approximate surface area is 158 Å². The van der Waals surface area contributed by atoms with Crippen LogP contribution in [0.2, 0.25) is 0 Å². The van der Waals surface area contributed by atoms with Crippen LogP contribution in [-0.2, 0) is 6.54 Å². The molecule has 0 aliphatic heterocycles. The standard InChI is InChI=1S/C23H21N3O/c1-16-6-8-17(9-7-16)15-24-23(27)25-20-12-10-18(11-13-20)22-14-19-4-2-3-5-21(19)26-22/h2-14,26H,15H2,1H3,(H2,24,25,27). The van der Waals surface area contributed by atoms with Gasteiger partial charge < -0.3 is 15.6 Å². The van der Waals surface area contributed by atoms with E-state index in [0.717, 1.165) is 28.0 Å². The number of hydrogen-bond donors (Lipinski definition) is 3. The molecule has 3 aromatic carbocycles. The van der Waals surface area contributed by atoms with Gasteiger partial charge in [-0.3, -0.25) is 0 Å². The van der Waals surface area contributed by atoms with Crippen LogP contribution in [0, 0.1) is 6.92 Å². The lowest BCUT2D eigenvalue weighted by molar-refractivity contribution is 0.251. The van der Waals surface area contributed by atoms with Gasteiger partial charge in [0.1, 0.15) is 0 Å². The molecule has 0 aliphatic carbocycles. The van der Waals surface area contributed by atoms with Crippen LogP contribution in [0.25, 0.3) is 22.2 Å². The molecule has 0 radical (unpaired) electrons. The van der Waals surface area contributed by atoms with E-state index in [-0.39, 0.29) is 6.03 Å². The summed E-state index contributed by atoms with van der Waals surface area (Å²) < 4.78 is 0. The first-order valence-corrected chi connectivity index (χ1v) is 8.96. The predicted octanol–water partition coefficient (Wildman–Crippen LogP) is 5.47. The summed E-state index contributed by atoms with van der Waals surface area (Å²) in [5.41, 5.74) is 6.30. The Hall–Kier alpha value is -3.53. The summed E-state index contributed by atoms with van der Waals surface area (Å²) in [6.07, 6.45) is 0. The molecule has 0 saturated carbocycles. The fourth-order valence-corrected chi connectivity index (χ4v) is 3.03. The van der Waals surface area contributed by atoms with E-state index in [1.165, 1.54) is 10.9 Å². The number of aryl methyl sites for hydroxylation is 1. The van der Waals surface area contributed by atoms with Crippen LogP contribution in [0.5, 0.6) is 0 Å². The SMILES string of the molecule is Cc1ccc(CNC(=O)Nc2ccc(-c3cc4ccccc4[nH]3)cc2)cc1. The fraction of sp³-hybridized carbons (Fsp3) is 0.0870. The number of carbonyl (C=O) groups is 1. The van der Waals surface area contributed by atoms with Gasteiger partial charge >= 0.3 is 6.03 Å². The van der Waals surface area contributed by atoms with Crippen molar-refractivity contribution in [2.24, 2.45) is 0 Å². The van der Waals surface area contributed by atoms with Crippen molar-refractivity contribution in [1.82, 2.24) is 10.3 Å². The Morgan fingerprint density at radius 3 is 2.41 bits per heavy atom. The van der Waals surface area contributed by atoms with Gasteiger partial charge in [0.15, 0.2) is 0 Å². The highest BCUT2D eigenvalue weighted by molar-refractivity contribution is 5.90. The van der Waals surface area contributed by atoms with Crippen molar-refractivity contribution >= 4 is 22.6 Å². The van der Waals surface area contributed by atoms with Crippen LogP contribution in [0.15, 0.2) is 78.9 Å². The average molecular weight is 355 g/mol. The first kappa shape index (κ1) is 16.9. The largest absolute Gasteiger partial charge is 0.355 e. The van der Waals surface area contributed by atoms with Crippen molar-refractivity contribution < 1.29 is 4.79 Å². The van der Waals surface area contributed by atoms with Crippen molar-refractivity contribution in [2.45, 2.75) is 13.5 Å². The van der Waals surface area contributed by atoms with E-state index in [0.29, 0.717) is 6.54 Å². The second-order valence-electron chi connectivity index (χ2n) is 6.64. The van der Waals surface area contributed by atoms with Gasteiger partial charge in [0.25, 0.3) is 0 Å². The minimum absolute atomic E-state index is 0.214. The first-order chi connectivity index (χ1) is 13.2. The fourth-order valence-electron chi connectivity index (χ4n) is 3.03. The van der Waals surface area contributed by atoms with Crippen LogP contribution in [0.1, 0.15) is 11.1 Å². The lowest BCUT2D eigenvalue weighted by Crippen LogP contribution is -2.28. The summed E-state index contributed by atoms with van der Waals surface area (Å²) in [6, 6.07) is 26.0. The molecular weight excluding hydrogens is 334 g/mol. The number of fused-ring (bicyclic) bond motifs is 1. The van der Waals surface area contributed by atoms with Gasteiger partial charge in [0.05, 0.1) is 0 Å². The molecule has 0 spiro atoms. The summed E-state index contributed by atoms with van der Waals surface area (Å²) in [5.74, 6) is 0. The molecule has 1 heterocycles. The lowest BCUT2D eigenvalue weighted by atomic mass is 10.1. The van der Waals surface area contributed by atoms with Gasteiger partial charge in [-0.15, -0.1) is 0 Å². The molecule has 27 heavy (non-hydrogen) atoms. The van der Waals surface area contributed by atoms with E-state index in [9.17, 15) is 4.79 Å². The summed E-state index contributed by atoms with van der Waals surface area (Å²) in [6.45, 7) is 2.54. The molecule has 4 heteroatoms. The van der Waals surface area contributed by atoms with Gasteiger partial charge in [-0.05, 0) is 42.3 Å². The van der Waals surface area contributed by atoms with E-state index in [4.69, 9.17) is 0 Å². The highest BCUT2D eigenvalue weighted by Gasteiger charge is 2.05. The summed E-state index contributed by atoms with van der Waals surface area (Å²) in [4.78, 5) is 15.5. The molecule has 0 saturated heterocycles. The third-order valence-corrected chi connectivity index (χ3v) is 4.56. The van der Waals surface area contributed by atoms with Gasteiger partial charge in [0.2, 0.25) is 0 Å². The maximum Gasteiger partial charge on any atom is 0.319 e. The molecule has 0 bridgehead atoms. The molecule has 3 N–H and O–H groups in total. The molecule has 4 aromatic rings. The number of aromatic amines is 1. The number of para-hydroxylation sites is 1. The number of benzene rings is 3. The maximum absolute atomic E-state index is 12.1. The summed E-state index contributed by atoms with van der Waals surface area (Å²) in [7, 11) is 0. The Morgan fingerprint density at radius 1 is 0.926 bits per heavy atom. The topological polar surface area (TPSA) is 56.9 Å². The molecule has 0 aliphatic rings. The molecule has 134 valence electrons. The van der Waals surface area contributed by atoms with Gasteiger partial charge in [-0.1, -0.05) is 60.2 Å². The number of rotatable bonds is 4. The van der Waals surface area contributed by atoms with E-state index in [1.54, 1.807) is 0 Å². The zero-order chi connectivity index (χ0) is 18.6. The smallest absolute Gasteiger partial charge is 0.319 e. The summed E-state index contributed by atoms with van der Waals surface area (Å²) in [5, 5.41) is 6.93. The zero-order valence-electron chi connectivity index (χ0n) is 15.1. The Bertz CT molecular complexity index is 1030. The minimum atomic E-state index is -0.214. The lowest BCUT2D eigenvalue weighted by Gasteiger charge is -2.08. The zero-order valence-corrected chi connectivity index (χ0v) is 15.1. The van der Waals surface area contributed by atoms with Crippen LogP contribution in [0.3, 0.4) is 0 Å². The van der Waals surface area contributed by atoms with Gasteiger partial charge in [-0.2, -0.15) is 0 Å². The van der Waals surface area contributed by atoms with Crippen LogP contribution < -0.4 is 10.6 Å². The number of urea groups is 1. The molecule has 4 nitrogen and oxygen atoms in total. The van der Waals surface area contributed by atoms with Crippen LogP contribution >= 0.6 is 0 Å². The second-order valence-corrected chi connectivity index (χ2v) is 6.64. The quantitative estimate of drug-likeness (QED) is 0.447. The predicted molar refractivity (Wildman–Crippen MR) is 111 cm³/mol. The molecular formula is C23H21N3O. The highest BCUT2D eigenvalue weighted by atomic mass is 16.2. The van der Waals surface area contributed by atoms with E-state index in [2.05, 4.69) is 33.8 Å². The molecule has 2 amide bonds. The van der Waals surface area contributed by atoms with Crippen molar-refractivity contribution in [3.63, 3.8) is 0 Å². The molecule has 0 fully saturated rings. The molecule has 1 aromatic heterocycles. The van der Waals surface area contributed by atoms with Crippen molar-refractivity contribution in [1.29, 1.82) is 0 Å². The second kappa shape index (κ2) is 7.38. The number of H-pyrrole nitrogens is 1. The minimum Gasteiger partial charge on any atom is -0.355 e. The van der Waals surface area contributed by atoms with Gasteiger partial charge in [-0.25, -0.2) is 4.79 Å². The number of aromatic nitrogens is 1. The number of anilines is 1. The van der Waals surface area contributed by atoms with Crippen molar-refractivity contribution in [3.05, 3.63) is 90.0 Å². The van der Waals surface area contributed by atoms with Crippen molar-refractivity contribution in [2.75, 3.05) is 5.32 Å². The average Bonchev–Trinajstić information content (AvgIpc) is 3.12. The molecule has 4 rings (SSSR count). The first-order valence-electron chi connectivity index (χ1n) is 8.96. The van der Waals surface area contributed by atoms with E-state index in [1.807, 2.05) is 67.6 Å².